The lowest BCUT2D eigenvalue weighted by Gasteiger charge is -2.48. The maximum absolute atomic E-state index is 12.6. The van der Waals surface area contributed by atoms with Gasteiger partial charge in [-0.2, -0.15) is 0 Å². The number of pyridine rings is 1. The van der Waals surface area contributed by atoms with Gasteiger partial charge in [0.2, 0.25) is 0 Å². The summed E-state index contributed by atoms with van der Waals surface area (Å²) in [5.74, 6) is 0.655. The summed E-state index contributed by atoms with van der Waals surface area (Å²) in [6.45, 7) is 6.10. The fourth-order valence-electron chi connectivity index (χ4n) is 6.34. The molecule has 1 spiro atoms. The summed E-state index contributed by atoms with van der Waals surface area (Å²) in [7, 11) is 0. The molecule has 0 radical (unpaired) electrons. The van der Waals surface area contributed by atoms with Crippen molar-refractivity contribution >= 4 is 5.97 Å². The first kappa shape index (κ1) is 16.7. The quantitative estimate of drug-likeness (QED) is 0.664. The van der Waals surface area contributed by atoms with Gasteiger partial charge in [-0.05, 0) is 42.9 Å². The molecule has 5 rings (SSSR count). The second-order valence-electron chi connectivity index (χ2n) is 9.04. The van der Waals surface area contributed by atoms with Crippen molar-refractivity contribution in [2.24, 2.45) is 23.2 Å². The lowest BCUT2D eigenvalue weighted by molar-refractivity contribution is -0.146. The fourth-order valence-corrected chi connectivity index (χ4v) is 6.34. The lowest BCUT2D eigenvalue weighted by Crippen LogP contribution is -2.54. The average molecular weight is 356 g/mol. The van der Waals surface area contributed by atoms with Crippen LogP contribution in [0.1, 0.15) is 45.1 Å². The highest BCUT2D eigenvalue weighted by molar-refractivity contribution is 5.76. The summed E-state index contributed by atoms with van der Waals surface area (Å²) in [6, 6.07) is 4.00. The van der Waals surface area contributed by atoms with Gasteiger partial charge in [-0.25, -0.2) is 0 Å². The minimum Gasteiger partial charge on any atom is -0.462 e. The molecular formula is C21H28N2O3. The van der Waals surface area contributed by atoms with Gasteiger partial charge in [-0.15, -0.1) is 0 Å². The molecule has 3 heterocycles. The normalized spacial score (nSPS) is 46.1. The van der Waals surface area contributed by atoms with E-state index in [0.29, 0.717) is 12.5 Å². The van der Waals surface area contributed by atoms with Gasteiger partial charge in [0, 0.05) is 36.8 Å². The molecule has 0 unspecified atom stereocenters. The van der Waals surface area contributed by atoms with Crippen molar-refractivity contribution in [1.29, 1.82) is 0 Å². The molecule has 1 N–H and O–H groups in total. The zero-order valence-electron chi connectivity index (χ0n) is 15.6. The maximum atomic E-state index is 12.6. The molecule has 0 amide bonds. The first-order valence-corrected chi connectivity index (χ1v) is 10.0. The second-order valence-corrected chi connectivity index (χ2v) is 9.04. The van der Waals surface area contributed by atoms with Crippen molar-refractivity contribution in [1.82, 2.24) is 10.3 Å². The predicted molar refractivity (Wildman–Crippen MR) is 96.1 cm³/mol. The molecule has 4 fully saturated rings. The van der Waals surface area contributed by atoms with Crippen molar-refractivity contribution in [3.8, 4) is 0 Å². The van der Waals surface area contributed by atoms with Gasteiger partial charge in [0.05, 0.1) is 12.0 Å². The molecule has 0 aromatic carbocycles. The Bertz CT molecular complexity index is 710. The summed E-state index contributed by atoms with van der Waals surface area (Å²) in [5.41, 5.74) is 1.33. The fraction of sp³-hybridized carbons (Fsp3) is 0.714. The van der Waals surface area contributed by atoms with Crippen LogP contribution in [0.15, 0.2) is 24.5 Å². The molecule has 2 saturated carbocycles. The van der Waals surface area contributed by atoms with Crippen LogP contribution in [0.5, 0.6) is 0 Å². The Kier molecular flexibility index (Phi) is 3.70. The van der Waals surface area contributed by atoms with Gasteiger partial charge < -0.3 is 14.8 Å². The number of hydrogen-bond acceptors (Lipinski definition) is 5. The number of fused-ring (bicyclic) bond motifs is 2. The number of hydrogen-bond donors (Lipinski definition) is 1. The number of ether oxygens (including phenoxy) is 2. The monoisotopic (exact) mass is 356 g/mol. The van der Waals surface area contributed by atoms with Gasteiger partial charge >= 0.3 is 5.97 Å². The van der Waals surface area contributed by atoms with Gasteiger partial charge in [-0.1, -0.05) is 20.3 Å². The van der Waals surface area contributed by atoms with E-state index in [9.17, 15) is 4.79 Å². The largest absolute Gasteiger partial charge is 0.462 e. The van der Waals surface area contributed by atoms with Crippen LogP contribution in [-0.2, 0) is 20.8 Å². The average Bonchev–Trinajstić information content (AvgIpc) is 3.30. The smallest absolute Gasteiger partial charge is 0.311 e. The van der Waals surface area contributed by atoms with Crippen LogP contribution in [0.3, 0.4) is 0 Å². The SMILES string of the molecule is C[C@@H]1CCC[C@@]2(C)C[C@H]3OC(=O)[C@H](CNCc4ccncc4)[C@@H]3[C@@H]3O[C@]132. The molecule has 2 aliphatic heterocycles. The third-order valence-electron chi connectivity index (χ3n) is 7.64. The molecule has 5 nitrogen and oxygen atoms in total. The van der Waals surface area contributed by atoms with Crippen LogP contribution in [-0.4, -0.2) is 35.3 Å². The molecule has 1 aromatic rings. The number of carbonyl (C=O) groups excluding carboxylic acids is 1. The Morgan fingerprint density at radius 3 is 2.96 bits per heavy atom. The van der Waals surface area contributed by atoms with Crippen LogP contribution in [0.25, 0.3) is 0 Å². The van der Waals surface area contributed by atoms with Gasteiger partial charge in [0.15, 0.2) is 0 Å². The van der Waals surface area contributed by atoms with Crippen LogP contribution < -0.4 is 5.32 Å². The van der Waals surface area contributed by atoms with Crippen molar-refractivity contribution in [2.75, 3.05) is 6.54 Å². The third-order valence-corrected chi connectivity index (χ3v) is 7.64. The number of epoxide rings is 1. The lowest BCUT2D eigenvalue weighted by atomic mass is 9.53. The minimum absolute atomic E-state index is 0.0102. The van der Waals surface area contributed by atoms with Gasteiger partial charge in [-0.3, -0.25) is 9.78 Å². The van der Waals surface area contributed by atoms with E-state index in [0.717, 1.165) is 13.0 Å². The van der Waals surface area contributed by atoms with Gasteiger partial charge in [0.25, 0.3) is 0 Å². The zero-order chi connectivity index (χ0) is 17.9. The molecule has 26 heavy (non-hydrogen) atoms. The number of aromatic nitrogens is 1. The van der Waals surface area contributed by atoms with Crippen LogP contribution >= 0.6 is 0 Å². The van der Waals surface area contributed by atoms with Crippen LogP contribution in [0.4, 0.5) is 0 Å². The van der Waals surface area contributed by atoms with Crippen molar-refractivity contribution in [3.05, 3.63) is 30.1 Å². The first-order valence-electron chi connectivity index (χ1n) is 10.0. The summed E-state index contributed by atoms with van der Waals surface area (Å²) in [6.07, 6.45) is 8.48. The van der Waals surface area contributed by atoms with E-state index in [1.807, 2.05) is 12.1 Å². The van der Waals surface area contributed by atoms with Crippen LogP contribution in [0, 0.1) is 23.2 Å². The van der Waals surface area contributed by atoms with Crippen molar-refractivity contribution < 1.29 is 14.3 Å². The maximum Gasteiger partial charge on any atom is 0.311 e. The van der Waals surface area contributed by atoms with E-state index in [4.69, 9.17) is 9.47 Å². The molecule has 0 bridgehead atoms. The number of nitrogens with one attached hydrogen (secondary N) is 1. The molecule has 5 heteroatoms. The highest BCUT2D eigenvalue weighted by Crippen LogP contribution is 2.70. The third kappa shape index (κ3) is 2.23. The van der Waals surface area contributed by atoms with Crippen LogP contribution in [0.2, 0.25) is 0 Å². The summed E-state index contributed by atoms with van der Waals surface area (Å²) < 4.78 is 12.3. The highest BCUT2D eigenvalue weighted by Gasteiger charge is 2.78. The zero-order valence-corrected chi connectivity index (χ0v) is 15.6. The standard InChI is InChI=1S/C21H28N2O3/c1-13-4-3-7-20(2)10-16-17(18-21(13,20)26-18)15(19(24)25-16)12-23-11-14-5-8-22-9-6-14/h5-6,8-9,13,15-18,23H,3-4,7,10-12H2,1-2H3/t13-,15-,16-,17+,18+,20+,21-/m1/s1. The summed E-state index contributed by atoms with van der Waals surface area (Å²) in [5, 5.41) is 3.45. The van der Waals surface area contributed by atoms with E-state index in [1.165, 1.54) is 24.8 Å². The molecular weight excluding hydrogens is 328 g/mol. The molecule has 1 aromatic heterocycles. The minimum atomic E-state index is -0.0927. The first-order chi connectivity index (χ1) is 12.6. The number of esters is 1. The number of nitrogens with zero attached hydrogens (tertiary/aromatic N) is 1. The van der Waals surface area contributed by atoms with Crippen molar-refractivity contribution in [3.63, 3.8) is 0 Å². The Morgan fingerprint density at radius 1 is 1.35 bits per heavy atom. The Morgan fingerprint density at radius 2 is 2.15 bits per heavy atom. The Balaban J connectivity index is 1.32. The second kappa shape index (κ2) is 5.77. The Hall–Kier alpha value is -1.46. The molecule has 2 saturated heterocycles. The molecule has 4 aliphatic rings. The van der Waals surface area contributed by atoms with Gasteiger partial charge in [0.1, 0.15) is 11.7 Å². The predicted octanol–water partition coefficient (Wildman–Crippen LogP) is 2.70. The van der Waals surface area contributed by atoms with E-state index in [-0.39, 0.29) is 41.0 Å². The highest BCUT2D eigenvalue weighted by atomic mass is 16.6. The summed E-state index contributed by atoms with van der Waals surface area (Å²) >= 11 is 0. The number of carbonyl (C=O) groups is 1. The Labute approximate surface area is 154 Å². The van der Waals surface area contributed by atoms with E-state index in [2.05, 4.69) is 24.1 Å². The summed E-state index contributed by atoms with van der Waals surface area (Å²) in [4.78, 5) is 16.7. The van der Waals surface area contributed by atoms with E-state index >= 15 is 0 Å². The van der Waals surface area contributed by atoms with E-state index < -0.39 is 0 Å². The van der Waals surface area contributed by atoms with E-state index in [1.54, 1.807) is 12.4 Å². The molecule has 2 aliphatic carbocycles. The molecule has 7 atom stereocenters. The number of rotatable bonds is 4. The molecule has 140 valence electrons. The topological polar surface area (TPSA) is 63.8 Å². The van der Waals surface area contributed by atoms with Crippen molar-refractivity contribution in [2.45, 2.75) is 63.9 Å².